The van der Waals surface area contributed by atoms with Crippen molar-refractivity contribution in [3.8, 4) is 11.8 Å². The number of nitriles is 1. The molecule has 112 valence electrons. The molecule has 0 bridgehead atoms. The minimum Gasteiger partial charge on any atom is -0.490 e. The van der Waals surface area contributed by atoms with Crippen molar-refractivity contribution in [1.82, 2.24) is 4.90 Å². The fraction of sp³-hybridized carbons (Fsp3) is 0.500. The fourth-order valence-electron chi connectivity index (χ4n) is 2.25. The Labute approximate surface area is 125 Å². The van der Waals surface area contributed by atoms with Crippen LogP contribution < -0.4 is 4.74 Å². The molecule has 0 saturated carbocycles. The highest BCUT2D eigenvalue weighted by molar-refractivity contribution is 5.96. The molecule has 1 fully saturated rings. The topological polar surface area (TPSA) is 62.6 Å². The van der Waals surface area contributed by atoms with Crippen molar-refractivity contribution in [3.63, 3.8) is 0 Å². The maximum Gasteiger partial charge on any atom is 0.257 e. The van der Waals surface area contributed by atoms with E-state index >= 15 is 0 Å². The molecule has 1 aliphatic heterocycles. The van der Waals surface area contributed by atoms with Gasteiger partial charge in [0.05, 0.1) is 24.2 Å². The van der Waals surface area contributed by atoms with E-state index in [0.29, 0.717) is 30.9 Å². The molecule has 0 aromatic heterocycles. The van der Waals surface area contributed by atoms with E-state index in [0.717, 1.165) is 19.4 Å². The van der Waals surface area contributed by atoms with Gasteiger partial charge in [-0.3, -0.25) is 4.79 Å². The SMILES string of the molecule is CN(CCC#N)C(=O)c1ccccc1OCC1CCCO1. The summed E-state index contributed by atoms with van der Waals surface area (Å²) in [6.07, 6.45) is 2.50. The number of para-hydroxylation sites is 1. The molecule has 5 nitrogen and oxygen atoms in total. The molecule has 1 aromatic carbocycles. The van der Waals surface area contributed by atoms with Gasteiger partial charge in [-0.05, 0) is 25.0 Å². The Kier molecular flexibility index (Phi) is 5.59. The second-order valence-corrected chi connectivity index (χ2v) is 5.08. The molecule has 5 heteroatoms. The monoisotopic (exact) mass is 288 g/mol. The molecule has 0 radical (unpaired) electrons. The zero-order valence-electron chi connectivity index (χ0n) is 12.2. The van der Waals surface area contributed by atoms with Gasteiger partial charge in [0.25, 0.3) is 5.91 Å². The second kappa shape index (κ2) is 7.65. The maximum atomic E-state index is 12.4. The molecule has 1 aromatic rings. The van der Waals surface area contributed by atoms with Crippen LogP contribution in [-0.2, 0) is 4.74 Å². The summed E-state index contributed by atoms with van der Waals surface area (Å²) in [5.41, 5.74) is 0.524. The van der Waals surface area contributed by atoms with Gasteiger partial charge in [0, 0.05) is 20.2 Å². The lowest BCUT2D eigenvalue weighted by Gasteiger charge is -2.19. The largest absolute Gasteiger partial charge is 0.490 e. The lowest BCUT2D eigenvalue weighted by molar-refractivity contribution is 0.0658. The summed E-state index contributed by atoms with van der Waals surface area (Å²) in [7, 11) is 1.69. The Morgan fingerprint density at radius 3 is 3.05 bits per heavy atom. The van der Waals surface area contributed by atoms with Gasteiger partial charge in [-0.15, -0.1) is 0 Å². The quantitative estimate of drug-likeness (QED) is 0.805. The van der Waals surface area contributed by atoms with Crippen LogP contribution in [0.3, 0.4) is 0 Å². The van der Waals surface area contributed by atoms with Gasteiger partial charge >= 0.3 is 0 Å². The van der Waals surface area contributed by atoms with Crippen molar-refractivity contribution in [2.24, 2.45) is 0 Å². The first-order valence-electron chi connectivity index (χ1n) is 7.18. The molecule has 1 atom stereocenters. The van der Waals surface area contributed by atoms with Gasteiger partial charge < -0.3 is 14.4 Å². The number of hydrogen-bond donors (Lipinski definition) is 0. The van der Waals surface area contributed by atoms with Crippen LogP contribution in [0.25, 0.3) is 0 Å². The van der Waals surface area contributed by atoms with E-state index in [2.05, 4.69) is 0 Å². The number of hydrogen-bond acceptors (Lipinski definition) is 4. The number of nitrogens with zero attached hydrogens (tertiary/aromatic N) is 2. The second-order valence-electron chi connectivity index (χ2n) is 5.08. The van der Waals surface area contributed by atoms with Crippen LogP contribution in [0.1, 0.15) is 29.6 Å². The zero-order chi connectivity index (χ0) is 15.1. The Morgan fingerprint density at radius 2 is 2.33 bits per heavy atom. The van der Waals surface area contributed by atoms with E-state index in [1.54, 1.807) is 19.2 Å². The summed E-state index contributed by atoms with van der Waals surface area (Å²) < 4.78 is 11.3. The molecule has 0 N–H and O–H groups in total. The molecule has 1 unspecified atom stereocenters. The third-order valence-electron chi connectivity index (χ3n) is 3.47. The first-order chi connectivity index (χ1) is 10.2. The van der Waals surface area contributed by atoms with Crippen molar-refractivity contribution >= 4 is 5.91 Å². The normalized spacial score (nSPS) is 17.2. The molecule has 0 spiro atoms. The van der Waals surface area contributed by atoms with Crippen LogP contribution in [0, 0.1) is 11.3 Å². The van der Waals surface area contributed by atoms with Crippen molar-refractivity contribution in [2.45, 2.75) is 25.4 Å². The Balaban J connectivity index is 2.01. The zero-order valence-corrected chi connectivity index (χ0v) is 12.2. The minimum absolute atomic E-state index is 0.115. The summed E-state index contributed by atoms with van der Waals surface area (Å²) in [6.45, 7) is 1.66. The molecule has 1 saturated heterocycles. The van der Waals surface area contributed by atoms with E-state index in [-0.39, 0.29) is 12.0 Å². The van der Waals surface area contributed by atoms with Crippen LogP contribution >= 0.6 is 0 Å². The average molecular weight is 288 g/mol. The molecule has 1 heterocycles. The van der Waals surface area contributed by atoms with E-state index < -0.39 is 0 Å². The first-order valence-corrected chi connectivity index (χ1v) is 7.18. The van der Waals surface area contributed by atoms with Crippen LogP contribution in [0.2, 0.25) is 0 Å². The van der Waals surface area contributed by atoms with E-state index in [1.165, 1.54) is 4.90 Å². The summed E-state index contributed by atoms with van der Waals surface area (Å²) >= 11 is 0. The minimum atomic E-state index is -0.131. The van der Waals surface area contributed by atoms with Crippen molar-refractivity contribution in [2.75, 3.05) is 26.8 Å². The van der Waals surface area contributed by atoms with Crippen molar-refractivity contribution in [1.29, 1.82) is 5.26 Å². The van der Waals surface area contributed by atoms with Crippen LogP contribution in [0.4, 0.5) is 0 Å². The number of benzene rings is 1. The first kappa shape index (κ1) is 15.3. The van der Waals surface area contributed by atoms with Crippen LogP contribution in [-0.4, -0.2) is 43.7 Å². The third-order valence-corrected chi connectivity index (χ3v) is 3.47. The summed E-state index contributed by atoms with van der Waals surface area (Å²) in [5, 5.41) is 8.60. The van der Waals surface area contributed by atoms with Crippen molar-refractivity contribution < 1.29 is 14.3 Å². The highest BCUT2D eigenvalue weighted by Crippen LogP contribution is 2.21. The van der Waals surface area contributed by atoms with Gasteiger partial charge in [-0.25, -0.2) is 0 Å². The number of rotatable bonds is 6. The molecule has 21 heavy (non-hydrogen) atoms. The molecule has 1 amide bonds. The predicted molar refractivity (Wildman–Crippen MR) is 78.1 cm³/mol. The lowest BCUT2D eigenvalue weighted by atomic mass is 10.1. The van der Waals surface area contributed by atoms with Gasteiger partial charge in [-0.2, -0.15) is 5.26 Å². The molecule has 0 aliphatic carbocycles. The molecule has 2 rings (SSSR count). The van der Waals surface area contributed by atoms with Crippen LogP contribution in [0.15, 0.2) is 24.3 Å². The van der Waals surface area contributed by atoms with Gasteiger partial charge in [0.1, 0.15) is 12.4 Å². The van der Waals surface area contributed by atoms with E-state index in [9.17, 15) is 4.79 Å². The lowest BCUT2D eigenvalue weighted by Crippen LogP contribution is -2.28. The highest BCUT2D eigenvalue weighted by Gasteiger charge is 2.19. The molecule has 1 aliphatic rings. The summed E-state index contributed by atoms with van der Waals surface area (Å²) in [5.74, 6) is 0.440. The highest BCUT2D eigenvalue weighted by atomic mass is 16.5. The standard InChI is InChI=1S/C16H20N2O3/c1-18(10-5-9-17)16(19)14-7-2-3-8-15(14)21-12-13-6-4-11-20-13/h2-3,7-8,13H,4-6,10-12H2,1H3. The predicted octanol–water partition coefficient (Wildman–Crippen LogP) is 2.23. The third kappa shape index (κ3) is 4.20. The van der Waals surface area contributed by atoms with Gasteiger partial charge in [0.2, 0.25) is 0 Å². The number of carbonyl (C=O) groups is 1. The fourth-order valence-corrected chi connectivity index (χ4v) is 2.25. The number of amides is 1. The number of ether oxygens (including phenoxy) is 2. The maximum absolute atomic E-state index is 12.4. The summed E-state index contributed by atoms with van der Waals surface area (Å²) in [6, 6.07) is 9.23. The Morgan fingerprint density at radius 1 is 1.52 bits per heavy atom. The van der Waals surface area contributed by atoms with E-state index in [4.69, 9.17) is 14.7 Å². The molecular weight excluding hydrogens is 268 g/mol. The van der Waals surface area contributed by atoms with Crippen molar-refractivity contribution in [3.05, 3.63) is 29.8 Å². The summed E-state index contributed by atoms with van der Waals surface area (Å²) in [4.78, 5) is 13.9. The number of carbonyl (C=O) groups excluding carboxylic acids is 1. The average Bonchev–Trinajstić information content (AvgIpc) is 3.03. The van der Waals surface area contributed by atoms with E-state index in [1.807, 2.05) is 18.2 Å². The smallest absolute Gasteiger partial charge is 0.257 e. The van der Waals surface area contributed by atoms with Crippen LogP contribution in [0.5, 0.6) is 5.75 Å². The Bertz CT molecular complexity index is 518. The Hall–Kier alpha value is -2.06. The van der Waals surface area contributed by atoms with Gasteiger partial charge in [0.15, 0.2) is 0 Å². The van der Waals surface area contributed by atoms with Gasteiger partial charge in [-0.1, -0.05) is 12.1 Å². The molecular formula is C16H20N2O3.